The molecular weight excluding hydrogens is 142 g/mol. The number of anilines is 1. The molecule has 0 spiro atoms. The molecule has 1 rings (SSSR count). The largest absolute Gasteiger partial charge is 0.399 e. The van der Waals surface area contributed by atoms with Crippen LogP contribution in [0.1, 0.15) is 11.1 Å². The minimum absolute atomic E-state index is 0.779. The van der Waals surface area contributed by atoms with E-state index in [1.807, 2.05) is 19.1 Å². The molecule has 1 nitrogen and oxygen atoms in total. The van der Waals surface area contributed by atoms with Crippen LogP contribution in [0.3, 0.4) is 0 Å². The van der Waals surface area contributed by atoms with Gasteiger partial charge in [-0.25, -0.2) is 0 Å². The summed E-state index contributed by atoms with van der Waals surface area (Å²) in [5.74, 6) is 0.779. The van der Waals surface area contributed by atoms with Gasteiger partial charge < -0.3 is 5.73 Å². The molecule has 0 atom stereocenters. The van der Waals surface area contributed by atoms with Gasteiger partial charge in [0.1, 0.15) is 0 Å². The normalized spacial score (nSPS) is 9.80. The average Bonchev–Trinajstić information content (AvgIpc) is 1.95. The zero-order valence-corrected chi connectivity index (χ0v) is 6.86. The minimum Gasteiger partial charge on any atom is -0.399 e. The summed E-state index contributed by atoms with van der Waals surface area (Å²) < 4.78 is 0. The summed E-state index contributed by atoms with van der Waals surface area (Å²) >= 11 is 4.15. The Labute approximate surface area is 66.7 Å². The van der Waals surface area contributed by atoms with E-state index in [2.05, 4.69) is 18.7 Å². The second-order valence-corrected chi connectivity index (χ2v) is 2.67. The Morgan fingerprint density at radius 1 is 1.50 bits per heavy atom. The maximum Gasteiger partial charge on any atom is 0.0343 e. The molecular formula is C8H11NS. The van der Waals surface area contributed by atoms with Crippen LogP contribution in [0.2, 0.25) is 0 Å². The van der Waals surface area contributed by atoms with E-state index in [0.29, 0.717) is 0 Å². The van der Waals surface area contributed by atoms with Crippen molar-refractivity contribution >= 4 is 18.3 Å². The van der Waals surface area contributed by atoms with E-state index in [9.17, 15) is 0 Å². The summed E-state index contributed by atoms with van der Waals surface area (Å²) in [7, 11) is 0. The van der Waals surface area contributed by atoms with Gasteiger partial charge in [0, 0.05) is 11.4 Å². The highest BCUT2D eigenvalue weighted by atomic mass is 32.1. The highest BCUT2D eigenvalue weighted by Gasteiger charge is 1.93. The first-order valence-electron chi connectivity index (χ1n) is 3.20. The molecule has 0 aliphatic heterocycles. The number of thiol groups is 1. The van der Waals surface area contributed by atoms with Crippen LogP contribution in [-0.4, -0.2) is 0 Å². The van der Waals surface area contributed by atoms with Crippen LogP contribution in [0.4, 0.5) is 5.69 Å². The fourth-order valence-electron chi connectivity index (χ4n) is 0.836. The quantitative estimate of drug-likeness (QED) is 0.468. The van der Waals surface area contributed by atoms with Gasteiger partial charge in [-0.3, -0.25) is 0 Å². The summed E-state index contributed by atoms with van der Waals surface area (Å²) in [6.07, 6.45) is 0. The maximum atomic E-state index is 5.62. The third-order valence-electron chi connectivity index (χ3n) is 1.52. The second kappa shape index (κ2) is 2.97. The Morgan fingerprint density at radius 3 is 2.70 bits per heavy atom. The lowest BCUT2D eigenvalue weighted by atomic mass is 10.1. The number of benzene rings is 1. The van der Waals surface area contributed by atoms with Crippen molar-refractivity contribution in [2.45, 2.75) is 12.7 Å². The summed E-state index contributed by atoms with van der Waals surface area (Å²) in [6, 6.07) is 5.97. The Hall–Kier alpha value is -0.630. The first-order valence-corrected chi connectivity index (χ1v) is 3.83. The summed E-state index contributed by atoms with van der Waals surface area (Å²) in [5.41, 5.74) is 8.82. The number of hydrogen-bond donors (Lipinski definition) is 2. The van der Waals surface area contributed by atoms with Gasteiger partial charge in [-0.05, 0) is 24.1 Å². The molecule has 2 heteroatoms. The smallest absolute Gasteiger partial charge is 0.0343 e. The van der Waals surface area contributed by atoms with Gasteiger partial charge in [0.25, 0.3) is 0 Å². The molecule has 0 aliphatic carbocycles. The molecule has 1 aromatic carbocycles. The minimum atomic E-state index is 0.779. The van der Waals surface area contributed by atoms with Crippen LogP contribution in [0.5, 0.6) is 0 Å². The lowest BCUT2D eigenvalue weighted by molar-refractivity contribution is 1.36. The summed E-state index contributed by atoms with van der Waals surface area (Å²) in [5, 5.41) is 0. The zero-order chi connectivity index (χ0) is 7.56. The Balaban J connectivity index is 3.04. The van der Waals surface area contributed by atoms with Crippen LogP contribution in [0.15, 0.2) is 18.2 Å². The molecule has 0 bridgehead atoms. The van der Waals surface area contributed by atoms with Crippen molar-refractivity contribution in [1.82, 2.24) is 0 Å². The average molecular weight is 153 g/mol. The molecule has 1 aromatic rings. The van der Waals surface area contributed by atoms with Crippen LogP contribution in [0, 0.1) is 6.92 Å². The van der Waals surface area contributed by atoms with Crippen molar-refractivity contribution in [3.63, 3.8) is 0 Å². The fourth-order valence-corrected chi connectivity index (χ4v) is 1.03. The highest BCUT2D eigenvalue weighted by molar-refractivity contribution is 7.79. The van der Waals surface area contributed by atoms with Gasteiger partial charge >= 0.3 is 0 Å². The van der Waals surface area contributed by atoms with Gasteiger partial charge in [-0.1, -0.05) is 12.1 Å². The van der Waals surface area contributed by atoms with E-state index in [4.69, 9.17) is 5.73 Å². The lowest BCUT2D eigenvalue weighted by Gasteiger charge is -2.00. The van der Waals surface area contributed by atoms with Crippen molar-refractivity contribution in [1.29, 1.82) is 0 Å². The topological polar surface area (TPSA) is 26.0 Å². The van der Waals surface area contributed by atoms with Crippen molar-refractivity contribution in [2.75, 3.05) is 5.73 Å². The predicted molar refractivity (Wildman–Crippen MR) is 48.3 cm³/mol. The third-order valence-corrected chi connectivity index (χ3v) is 1.88. The van der Waals surface area contributed by atoms with Crippen molar-refractivity contribution in [3.05, 3.63) is 29.3 Å². The van der Waals surface area contributed by atoms with Crippen LogP contribution < -0.4 is 5.73 Å². The van der Waals surface area contributed by atoms with E-state index in [0.717, 1.165) is 17.0 Å². The second-order valence-electron chi connectivity index (χ2n) is 2.35. The van der Waals surface area contributed by atoms with Crippen LogP contribution in [0.25, 0.3) is 0 Å². The van der Waals surface area contributed by atoms with Crippen LogP contribution >= 0.6 is 12.6 Å². The summed E-state index contributed by atoms with van der Waals surface area (Å²) in [6.45, 7) is 2.00. The molecule has 0 radical (unpaired) electrons. The monoisotopic (exact) mass is 153 g/mol. The SMILES string of the molecule is Cc1cc(CS)ccc1N. The molecule has 0 saturated heterocycles. The van der Waals surface area contributed by atoms with Gasteiger partial charge in [0.15, 0.2) is 0 Å². The first-order chi connectivity index (χ1) is 4.74. The van der Waals surface area contributed by atoms with Crippen molar-refractivity contribution in [3.8, 4) is 0 Å². The van der Waals surface area contributed by atoms with Crippen LogP contribution in [-0.2, 0) is 5.75 Å². The van der Waals surface area contributed by atoms with E-state index in [-0.39, 0.29) is 0 Å². The molecule has 2 N–H and O–H groups in total. The molecule has 54 valence electrons. The zero-order valence-electron chi connectivity index (χ0n) is 5.96. The number of aryl methyl sites for hydroxylation is 1. The third kappa shape index (κ3) is 1.45. The predicted octanol–water partition coefficient (Wildman–Crippen LogP) is 2.01. The van der Waals surface area contributed by atoms with Gasteiger partial charge in [-0.2, -0.15) is 12.6 Å². The van der Waals surface area contributed by atoms with Gasteiger partial charge in [0.05, 0.1) is 0 Å². The molecule has 0 aromatic heterocycles. The Morgan fingerprint density at radius 2 is 2.20 bits per heavy atom. The van der Waals surface area contributed by atoms with Crippen molar-refractivity contribution < 1.29 is 0 Å². The van der Waals surface area contributed by atoms with E-state index in [1.54, 1.807) is 0 Å². The number of nitrogen functional groups attached to an aromatic ring is 1. The number of nitrogens with two attached hydrogens (primary N) is 1. The molecule has 0 unspecified atom stereocenters. The van der Waals surface area contributed by atoms with E-state index in [1.165, 1.54) is 5.56 Å². The molecule has 0 amide bonds. The molecule has 0 saturated carbocycles. The Bertz CT molecular complexity index is 233. The Kier molecular flexibility index (Phi) is 2.22. The number of rotatable bonds is 1. The van der Waals surface area contributed by atoms with Gasteiger partial charge in [0.2, 0.25) is 0 Å². The van der Waals surface area contributed by atoms with E-state index >= 15 is 0 Å². The first kappa shape index (κ1) is 7.48. The maximum absolute atomic E-state index is 5.62. The molecule has 0 fully saturated rings. The standard InChI is InChI=1S/C8H11NS/c1-6-4-7(5-10)2-3-8(6)9/h2-4,10H,5,9H2,1H3. The summed E-state index contributed by atoms with van der Waals surface area (Å²) in [4.78, 5) is 0. The molecule has 10 heavy (non-hydrogen) atoms. The van der Waals surface area contributed by atoms with Crippen molar-refractivity contribution in [2.24, 2.45) is 0 Å². The fraction of sp³-hybridized carbons (Fsp3) is 0.250. The highest BCUT2D eigenvalue weighted by Crippen LogP contribution is 2.13. The molecule has 0 aliphatic rings. The van der Waals surface area contributed by atoms with Gasteiger partial charge in [-0.15, -0.1) is 0 Å². The lowest BCUT2D eigenvalue weighted by Crippen LogP contribution is -1.89. The molecule has 0 heterocycles. The number of hydrogen-bond acceptors (Lipinski definition) is 2. The van der Waals surface area contributed by atoms with E-state index < -0.39 is 0 Å².